The molecule has 76 valence electrons. The van der Waals surface area contributed by atoms with E-state index in [-0.39, 0.29) is 17.3 Å². The van der Waals surface area contributed by atoms with Gasteiger partial charge in [-0.25, -0.2) is 4.39 Å². The Morgan fingerprint density at radius 2 is 1.93 bits per heavy atom. The summed E-state index contributed by atoms with van der Waals surface area (Å²) in [6.07, 6.45) is 0. The normalized spacial score (nSPS) is 28.9. The van der Waals surface area contributed by atoms with Gasteiger partial charge < -0.3 is 5.73 Å². The number of nitrogens with two attached hydrogens (primary N) is 1. The molecule has 2 rings (SSSR count). The van der Waals surface area contributed by atoms with Gasteiger partial charge in [-0.05, 0) is 29.5 Å². The molecule has 0 saturated heterocycles. The smallest absolute Gasteiger partial charge is 0.126 e. The first-order chi connectivity index (χ1) is 6.44. The summed E-state index contributed by atoms with van der Waals surface area (Å²) in [7, 11) is 0. The van der Waals surface area contributed by atoms with Crippen LogP contribution < -0.4 is 5.73 Å². The van der Waals surface area contributed by atoms with Crippen molar-refractivity contribution >= 4 is 0 Å². The molecule has 0 radical (unpaired) electrons. The zero-order chi connectivity index (χ0) is 10.5. The summed E-state index contributed by atoms with van der Waals surface area (Å²) in [5, 5.41) is 0. The first-order valence-corrected chi connectivity index (χ1v) is 4.96. The van der Waals surface area contributed by atoms with Crippen molar-refractivity contribution in [3.8, 4) is 0 Å². The van der Waals surface area contributed by atoms with Gasteiger partial charge in [0.1, 0.15) is 5.82 Å². The van der Waals surface area contributed by atoms with Gasteiger partial charge in [-0.2, -0.15) is 0 Å². The molecular formula is C12H16FN. The molecule has 0 unspecified atom stereocenters. The number of hydrogen-bond acceptors (Lipinski definition) is 1. The molecule has 1 aromatic rings. The molecule has 0 amide bonds. The number of hydrogen-bond donors (Lipinski definition) is 1. The van der Waals surface area contributed by atoms with Crippen molar-refractivity contribution in [1.82, 2.24) is 0 Å². The van der Waals surface area contributed by atoms with Crippen LogP contribution in [0.3, 0.4) is 0 Å². The van der Waals surface area contributed by atoms with Gasteiger partial charge in [0.05, 0.1) is 0 Å². The molecule has 2 heteroatoms. The molecule has 1 aliphatic rings. The third-order valence-electron chi connectivity index (χ3n) is 3.45. The minimum atomic E-state index is -0.138. The molecule has 1 saturated carbocycles. The average molecular weight is 193 g/mol. The van der Waals surface area contributed by atoms with Crippen molar-refractivity contribution in [2.45, 2.75) is 32.7 Å². The summed E-state index contributed by atoms with van der Waals surface area (Å²) in [6, 6.07) is 5.51. The van der Waals surface area contributed by atoms with E-state index in [2.05, 4.69) is 13.8 Å². The van der Waals surface area contributed by atoms with Gasteiger partial charge in [0.15, 0.2) is 0 Å². The Morgan fingerprint density at radius 3 is 2.36 bits per heavy atom. The van der Waals surface area contributed by atoms with E-state index < -0.39 is 0 Å². The molecule has 2 atom stereocenters. The van der Waals surface area contributed by atoms with Crippen LogP contribution in [0.4, 0.5) is 4.39 Å². The summed E-state index contributed by atoms with van der Waals surface area (Å²) >= 11 is 0. The van der Waals surface area contributed by atoms with E-state index >= 15 is 0 Å². The molecule has 1 aromatic carbocycles. The van der Waals surface area contributed by atoms with Gasteiger partial charge in [0.2, 0.25) is 0 Å². The highest BCUT2D eigenvalue weighted by Gasteiger charge is 2.56. The summed E-state index contributed by atoms with van der Waals surface area (Å²) in [6.45, 7) is 6.10. The van der Waals surface area contributed by atoms with Gasteiger partial charge in [-0.15, -0.1) is 0 Å². The minimum absolute atomic E-state index is 0.138. The maximum absolute atomic E-state index is 13.0. The lowest BCUT2D eigenvalue weighted by Gasteiger charge is -2.04. The molecule has 0 spiro atoms. The average Bonchev–Trinajstić information content (AvgIpc) is 2.58. The number of rotatable bonds is 1. The van der Waals surface area contributed by atoms with Crippen LogP contribution in [0.5, 0.6) is 0 Å². The molecule has 0 aromatic heterocycles. The Hall–Kier alpha value is -0.890. The summed E-state index contributed by atoms with van der Waals surface area (Å²) in [5.74, 6) is 0.252. The summed E-state index contributed by atoms with van der Waals surface area (Å²) < 4.78 is 13.0. The van der Waals surface area contributed by atoms with E-state index in [0.717, 1.165) is 0 Å². The van der Waals surface area contributed by atoms with Crippen molar-refractivity contribution in [2.24, 2.45) is 11.1 Å². The van der Waals surface area contributed by atoms with Gasteiger partial charge in [0.25, 0.3) is 0 Å². The fourth-order valence-corrected chi connectivity index (χ4v) is 2.18. The van der Waals surface area contributed by atoms with E-state index in [9.17, 15) is 4.39 Å². The van der Waals surface area contributed by atoms with Crippen molar-refractivity contribution in [3.05, 3.63) is 35.1 Å². The summed E-state index contributed by atoms with van der Waals surface area (Å²) in [4.78, 5) is 0. The van der Waals surface area contributed by atoms with Crippen LogP contribution in [0, 0.1) is 18.2 Å². The summed E-state index contributed by atoms with van der Waals surface area (Å²) in [5.41, 5.74) is 8.02. The first kappa shape index (κ1) is 9.66. The van der Waals surface area contributed by atoms with Gasteiger partial charge in [0, 0.05) is 12.0 Å². The lowest BCUT2D eigenvalue weighted by molar-refractivity contribution is 0.596. The van der Waals surface area contributed by atoms with E-state index in [1.54, 1.807) is 6.92 Å². The Balaban J connectivity index is 2.32. The maximum atomic E-state index is 13.0. The molecule has 0 aliphatic heterocycles. The Kier molecular flexibility index (Phi) is 1.93. The van der Waals surface area contributed by atoms with Gasteiger partial charge >= 0.3 is 0 Å². The Morgan fingerprint density at radius 1 is 1.36 bits per heavy atom. The van der Waals surface area contributed by atoms with Crippen LogP contribution in [-0.2, 0) is 0 Å². The first-order valence-electron chi connectivity index (χ1n) is 4.96. The number of benzene rings is 1. The second-order valence-electron chi connectivity index (χ2n) is 4.83. The van der Waals surface area contributed by atoms with Crippen LogP contribution >= 0.6 is 0 Å². The molecular weight excluding hydrogens is 177 g/mol. The standard InChI is InChI=1S/C12H16FN/c1-7-6-8(4-5-9(7)13)10-11(14)12(10,2)3/h4-6,10-11H,14H2,1-3H3/t10-,11-/m0/s1. The van der Waals surface area contributed by atoms with Gasteiger partial charge in [-0.1, -0.05) is 26.0 Å². The third-order valence-corrected chi connectivity index (χ3v) is 3.45. The number of aryl methyl sites for hydroxylation is 1. The lowest BCUT2D eigenvalue weighted by Crippen LogP contribution is -2.06. The monoisotopic (exact) mass is 193 g/mol. The fourth-order valence-electron chi connectivity index (χ4n) is 2.18. The van der Waals surface area contributed by atoms with Crippen molar-refractivity contribution in [3.63, 3.8) is 0 Å². The second kappa shape index (κ2) is 2.80. The zero-order valence-corrected chi connectivity index (χ0v) is 8.84. The molecule has 0 heterocycles. The van der Waals surface area contributed by atoms with Crippen molar-refractivity contribution in [2.75, 3.05) is 0 Å². The van der Waals surface area contributed by atoms with Crippen molar-refractivity contribution < 1.29 is 4.39 Å². The molecule has 0 bridgehead atoms. The van der Waals surface area contributed by atoms with E-state index in [0.29, 0.717) is 11.5 Å². The van der Waals surface area contributed by atoms with E-state index in [4.69, 9.17) is 5.73 Å². The zero-order valence-electron chi connectivity index (χ0n) is 8.84. The molecule has 2 N–H and O–H groups in total. The Bertz CT molecular complexity index is 371. The SMILES string of the molecule is Cc1cc([C@H]2[C@H](N)C2(C)C)ccc1F. The maximum Gasteiger partial charge on any atom is 0.126 e. The van der Waals surface area contributed by atoms with Crippen LogP contribution in [0.15, 0.2) is 18.2 Å². The van der Waals surface area contributed by atoms with Crippen LogP contribution in [0.1, 0.15) is 30.9 Å². The number of halogens is 1. The van der Waals surface area contributed by atoms with Gasteiger partial charge in [-0.3, -0.25) is 0 Å². The van der Waals surface area contributed by atoms with E-state index in [1.807, 2.05) is 12.1 Å². The lowest BCUT2D eigenvalue weighted by atomic mass is 10.0. The van der Waals surface area contributed by atoms with Crippen LogP contribution in [-0.4, -0.2) is 6.04 Å². The second-order valence-corrected chi connectivity index (χ2v) is 4.83. The highest BCUT2D eigenvalue weighted by atomic mass is 19.1. The molecule has 1 aliphatic carbocycles. The largest absolute Gasteiger partial charge is 0.327 e. The molecule has 14 heavy (non-hydrogen) atoms. The highest BCUT2D eigenvalue weighted by molar-refractivity contribution is 5.36. The molecule has 1 nitrogen and oxygen atoms in total. The van der Waals surface area contributed by atoms with E-state index in [1.165, 1.54) is 11.6 Å². The Labute approximate surface area is 84.1 Å². The quantitative estimate of drug-likeness (QED) is 0.729. The topological polar surface area (TPSA) is 26.0 Å². The predicted molar refractivity (Wildman–Crippen MR) is 55.6 cm³/mol. The van der Waals surface area contributed by atoms with Crippen molar-refractivity contribution in [1.29, 1.82) is 0 Å². The highest BCUT2D eigenvalue weighted by Crippen LogP contribution is 2.57. The minimum Gasteiger partial charge on any atom is -0.327 e. The predicted octanol–water partition coefficient (Wildman–Crippen LogP) is 2.58. The molecule has 1 fully saturated rings. The third kappa shape index (κ3) is 1.25. The fraction of sp³-hybridized carbons (Fsp3) is 0.500. The van der Waals surface area contributed by atoms with Crippen LogP contribution in [0.25, 0.3) is 0 Å². The van der Waals surface area contributed by atoms with Crippen LogP contribution in [0.2, 0.25) is 0 Å².